The molecule has 2 nitrogen and oxygen atoms in total. The Hall–Kier alpha value is -0.530. The van der Waals surface area contributed by atoms with Crippen LogP contribution in [-0.2, 0) is 4.79 Å². The average molecular weight is 213 g/mol. The molecule has 0 aromatic heterocycles. The zero-order valence-corrected chi connectivity index (χ0v) is 10.0. The smallest absolute Gasteiger partial charge is 0.303 e. The van der Waals surface area contributed by atoms with Crippen molar-refractivity contribution in [3.05, 3.63) is 6.42 Å². The normalized spacial score (nSPS) is 10.5. The SMILES string of the molecule is CCC[CH]CCCCCCCCC(=O)O. The molecule has 0 aromatic carbocycles. The third kappa shape index (κ3) is 13.5. The van der Waals surface area contributed by atoms with Gasteiger partial charge >= 0.3 is 5.97 Å². The van der Waals surface area contributed by atoms with Crippen LogP contribution in [0.25, 0.3) is 0 Å². The minimum atomic E-state index is -0.663. The van der Waals surface area contributed by atoms with E-state index in [0.717, 1.165) is 12.8 Å². The van der Waals surface area contributed by atoms with Crippen molar-refractivity contribution < 1.29 is 9.90 Å². The minimum Gasteiger partial charge on any atom is -0.481 e. The summed E-state index contributed by atoms with van der Waals surface area (Å²) < 4.78 is 0. The molecule has 0 spiro atoms. The van der Waals surface area contributed by atoms with Gasteiger partial charge in [-0.05, 0) is 12.8 Å². The summed E-state index contributed by atoms with van der Waals surface area (Å²) in [5.41, 5.74) is 0. The van der Waals surface area contributed by atoms with Crippen molar-refractivity contribution in [1.82, 2.24) is 0 Å². The number of hydrogen-bond donors (Lipinski definition) is 1. The van der Waals surface area contributed by atoms with E-state index in [0.29, 0.717) is 6.42 Å². The zero-order valence-electron chi connectivity index (χ0n) is 10.0. The van der Waals surface area contributed by atoms with Crippen LogP contribution in [0.15, 0.2) is 0 Å². The lowest BCUT2D eigenvalue weighted by Gasteiger charge is -2.00. The molecule has 0 amide bonds. The standard InChI is InChI=1S/C13H25O2/c1-2-3-4-5-6-7-8-9-10-11-12-13(14)15/h4H,2-3,5-12H2,1H3,(H,14,15). The van der Waals surface area contributed by atoms with Gasteiger partial charge in [-0.25, -0.2) is 0 Å². The van der Waals surface area contributed by atoms with Gasteiger partial charge in [0, 0.05) is 6.42 Å². The average Bonchev–Trinajstić information content (AvgIpc) is 2.20. The maximum atomic E-state index is 10.2. The summed E-state index contributed by atoms with van der Waals surface area (Å²) in [5.74, 6) is -0.663. The van der Waals surface area contributed by atoms with Crippen molar-refractivity contribution in [2.24, 2.45) is 0 Å². The van der Waals surface area contributed by atoms with Gasteiger partial charge in [-0.3, -0.25) is 4.79 Å². The van der Waals surface area contributed by atoms with E-state index in [2.05, 4.69) is 13.3 Å². The predicted octanol–water partition coefficient (Wildman–Crippen LogP) is 4.20. The van der Waals surface area contributed by atoms with E-state index in [1.807, 2.05) is 0 Å². The first kappa shape index (κ1) is 14.5. The van der Waals surface area contributed by atoms with Crippen LogP contribution in [-0.4, -0.2) is 11.1 Å². The Kier molecular flexibility index (Phi) is 11.1. The molecule has 0 unspecified atom stereocenters. The molecule has 0 atom stereocenters. The molecule has 0 rings (SSSR count). The van der Waals surface area contributed by atoms with Gasteiger partial charge in [-0.15, -0.1) is 0 Å². The van der Waals surface area contributed by atoms with Gasteiger partial charge < -0.3 is 5.11 Å². The highest BCUT2D eigenvalue weighted by Crippen LogP contribution is 2.10. The first-order valence-electron chi connectivity index (χ1n) is 6.30. The molecule has 0 aliphatic carbocycles. The summed E-state index contributed by atoms with van der Waals surface area (Å²) in [6.45, 7) is 2.21. The molecule has 89 valence electrons. The van der Waals surface area contributed by atoms with E-state index in [-0.39, 0.29) is 0 Å². The molecule has 15 heavy (non-hydrogen) atoms. The molecule has 0 aliphatic heterocycles. The van der Waals surface area contributed by atoms with Gasteiger partial charge in [0.15, 0.2) is 0 Å². The minimum absolute atomic E-state index is 0.338. The monoisotopic (exact) mass is 213 g/mol. The first-order valence-corrected chi connectivity index (χ1v) is 6.30. The summed E-state index contributed by atoms with van der Waals surface area (Å²) in [7, 11) is 0. The van der Waals surface area contributed by atoms with Crippen molar-refractivity contribution in [1.29, 1.82) is 0 Å². The highest BCUT2D eigenvalue weighted by Gasteiger charge is 1.96. The second kappa shape index (κ2) is 11.5. The Balaban J connectivity index is 2.89. The quantitative estimate of drug-likeness (QED) is 0.522. The Morgan fingerprint density at radius 2 is 1.60 bits per heavy atom. The Morgan fingerprint density at radius 3 is 2.20 bits per heavy atom. The van der Waals surface area contributed by atoms with Crippen LogP contribution in [0, 0.1) is 6.42 Å². The van der Waals surface area contributed by atoms with E-state index < -0.39 is 5.97 Å². The van der Waals surface area contributed by atoms with E-state index in [1.54, 1.807) is 0 Å². The largest absolute Gasteiger partial charge is 0.481 e. The molecule has 1 radical (unpaired) electrons. The van der Waals surface area contributed by atoms with E-state index in [9.17, 15) is 4.79 Å². The maximum Gasteiger partial charge on any atom is 0.303 e. The van der Waals surface area contributed by atoms with Gasteiger partial charge in [0.25, 0.3) is 0 Å². The number of unbranched alkanes of at least 4 members (excludes halogenated alkanes) is 9. The lowest BCUT2D eigenvalue weighted by Crippen LogP contribution is -1.93. The molecule has 1 N–H and O–H groups in total. The van der Waals surface area contributed by atoms with Crippen molar-refractivity contribution in [3.63, 3.8) is 0 Å². The summed E-state index contributed by atoms with van der Waals surface area (Å²) >= 11 is 0. The van der Waals surface area contributed by atoms with Crippen LogP contribution >= 0.6 is 0 Å². The topological polar surface area (TPSA) is 37.3 Å². The van der Waals surface area contributed by atoms with Crippen LogP contribution in [0.3, 0.4) is 0 Å². The van der Waals surface area contributed by atoms with E-state index in [1.165, 1.54) is 44.9 Å². The molecule has 0 saturated heterocycles. The third-order valence-electron chi connectivity index (χ3n) is 2.54. The number of aliphatic carboxylic acids is 1. The second-order valence-corrected chi connectivity index (χ2v) is 4.13. The number of hydrogen-bond acceptors (Lipinski definition) is 1. The van der Waals surface area contributed by atoms with Crippen molar-refractivity contribution in [3.8, 4) is 0 Å². The van der Waals surface area contributed by atoms with Gasteiger partial charge in [0.1, 0.15) is 0 Å². The predicted molar refractivity (Wildman–Crippen MR) is 63.8 cm³/mol. The summed E-state index contributed by atoms with van der Waals surface area (Å²) in [6, 6.07) is 0. The molecule has 2 heteroatoms. The summed E-state index contributed by atoms with van der Waals surface area (Å²) in [5, 5.41) is 8.43. The van der Waals surface area contributed by atoms with E-state index in [4.69, 9.17) is 5.11 Å². The molecule has 0 heterocycles. The van der Waals surface area contributed by atoms with Gasteiger partial charge in [-0.1, -0.05) is 58.3 Å². The van der Waals surface area contributed by atoms with Crippen LogP contribution < -0.4 is 0 Å². The number of rotatable bonds is 11. The van der Waals surface area contributed by atoms with Gasteiger partial charge in [0.05, 0.1) is 0 Å². The fourth-order valence-electron chi connectivity index (χ4n) is 1.62. The van der Waals surface area contributed by atoms with Gasteiger partial charge in [-0.2, -0.15) is 0 Å². The molecule has 0 aromatic rings. The lowest BCUT2D eigenvalue weighted by molar-refractivity contribution is -0.137. The van der Waals surface area contributed by atoms with Crippen molar-refractivity contribution in [2.75, 3.05) is 0 Å². The highest BCUT2D eigenvalue weighted by molar-refractivity contribution is 5.66. The maximum absolute atomic E-state index is 10.2. The Labute approximate surface area is 94.1 Å². The Bertz CT molecular complexity index is 143. The number of carboxylic acid groups (broad SMARTS) is 1. The molecule has 0 bridgehead atoms. The van der Waals surface area contributed by atoms with Crippen LogP contribution in [0.5, 0.6) is 0 Å². The van der Waals surface area contributed by atoms with E-state index >= 15 is 0 Å². The number of carboxylic acids is 1. The fraction of sp³-hybridized carbons (Fsp3) is 0.846. The first-order chi connectivity index (χ1) is 7.27. The van der Waals surface area contributed by atoms with Crippen molar-refractivity contribution in [2.45, 2.75) is 71.1 Å². The van der Waals surface area contributed by atoms with Crippen molar-refractivity contribution >= 4 is 5.97 Å². The molecule has 0 saturated carbocycles. The van der Waals surface area contributed by atoms with Crippen LogP contribution in [0.2, 0.25) is 0 Å². The van der Waals surface area contributed by atoms with Crippen LogP contribution in [0.1, 0.15) is 71.1 Å². The second-order valence-electron chi connectivity index (χ2n) is 4.13. The van der Waals surface area contributed by atoms with Gasteiger partial charge in [0.2, 0.25) is 0 Å². The lowest BCUT2D eigenvalue weighted by atomic mass is 10.1. The fourth-order valence-corrected chi connectivity index (χ4v) is 1.62. The zero-order chi connectivity index (χ0) is 11.4. The Morgan fingerprint density at radius 1 is 1.00 bits per heavy atom. The summed E-state index contributed by atoms with van der Waals surface area (Å²) in [4.78, 5) is 10.2. The molecular formula is C13H25O2. The number of carbonyl (C=O) groups is 1. The molecule has 0 aliphatic rings. The van der Waals surface area contributed by atoms with Crippen LogP contribution in [0.4, 0.5) is 0 Å². The highest BCUT2D eigenvalue weighted by atomic mass is 16.4. The summed E-state index contributed by atoms with van der Waals surface area (Å²) in [6.07, 6.45) is 13.5. The third-order valence-corrected chi connectivity index (χ3v) is 2.54. The molecular weight excluding hydrogens is 188 g/mol. The molecule has 0 fully saturated rings.